The number of fused-ring (bicyclic) bond motifs is 5. The van der Waals surface area contributed by atoms with Gasteiger partial charge in [-0.25, -0.2) is 0 Å². The van der Waals surface area contributed by atoms with Crippen molar-refractivity contribution in [3.63, 3.8) is 0 Å². The number of hydrogen-bond donors (Lipinski definition) is 2. The van der Waals surface area contributed by atoms with Gasteiger partial charge in [-0.15, -0.1) is 0 Å². The maximum Gasteiger partial charge on any atom is 0.0644 e. The molecule has 0 bridgehead atoms. The molecule has 0 radical (unpaired) electrons. The van der Waals surface area contributed by atoms with Gasteiger partial charge >= 0.3 is 0 Å². The quantitative estimate of drug-likeness (QED) is 0.299. The largest absolute Gasteiger partial charge is 0.374 e. The molecule has 10 aliphatic rings. The molecule has 0 spiro atoms. The van der Waals surface area contributed by atoms with E-state index in [-0.39, 0.29) is 0 Å². The third-order valence-corrected chi connectivity index (χ3v) is 19.4. The lowest BCUT2D eigenvalue weighted by Gasteiger charge is -2.53. The molecule has 0 aromatic rings. The van der Waals surface area contributed by atoms with E-state index in [4.69, 9.17) is 4.74 Å². The van der Waals surface area contributed by atoms with Crippen LogP contribution in [-0.2, 0) is 4.74 Å². The molecule has 288 valence electrons. The maximum atomic E-state index is 7.56. The Balaban J connectivity index is 0.883. The minimum Gasteiger partial charge on any atom is -0.374 e. The Morgan fingerprint density at radius 2 is 0.804 bits per heavy atom. The minimum atomic E-state index is 0.565. The first-order valence-corrected chi connectivity index (χ1v) is 24.4. The zero-order chi connectivity index (χ0) is 33.7. The van der Waals surface area contributed by atoms with Gasteiger partial charge in [-0.1, -0.05) is 109 Å². The molecule has 51 heavy (non-hydrogen) atoms. The lowest BCUT2D eigenvalue weighted by molar-refractivity contribution is -0.0723. The van der Waals surface area contributed by atoms with Crippen molar-refractivity contribution >= 4 is 0 Å². The fraction of sp³-hybridized carbons (Fsp3) is 1.00. The number of ether oxygens (including phenoxy) is 1. The Bertz CT molecular complexity index is 1120. The van der Waals surface area contributed by atoms with E-state index in [2.05, 4.69) is 10.6 Å². The third-order valence-electron chi connectivity index (χ3n) is 19.4. The Hall–Kier alpha value is -0.120. The predicted molar refractivity (Wildman–Crippen MR) is 210 cm³/mol. The standard InChI is InChI=1S/C48H80N2O/c1-4-12-31(13-5-1)36-20-21-38-27-39(23-22-37(38)26-36)43-30-44(50-48(49-43)33-16-8-3-9-17-33)41-25-24-40(32-14-6-2-7-15-32)47-46(41)42-28-34-18-10-11-19-35(34)29-45(42)51-47/h31-50H,1-30H2. The highest BCUT2D eigenvalue weighted by atomic mass is 16.5. The highest BCUT2D eigenvalue weighted by Gasteiger charge is 2.58. The van der Waals surface area contributed by atoms with Crippen LogP contribution in [0.4, 0.5) is 0 Å². The Morgan fingerprint density at radius 1 is 0.314 bits per heavy atom. The first kappa shape index (κ1) is 35.3. The van der Waals surface area contributed by atoms with Crippen LogP contribution in [0.2, 0.25) is 0 Å². The average molecular weight is 701 g/mol. The van der Waals surface area contributed by atoms with Crippen molar-refractivity contribution in [1.82, 2.24) is 10.6 Å². The van der Waals surface area contributed by atoms with Gasteiger partial charge in [0.2, 0.25) is 0 Å². The maximum absolute atomic E-state index is 7.56. The molecule has 15 unspecified atom stereocenters. The van der Waals surface area contributed by atoms with Gasteiger partial charge in [0.1, 0.15) is 0 Å². The van der Waals surface area contributed by atoms with Crippen LogP contribution in [0.1, 0.15) is 193 Å². The summed E-state index contributed by atoms with van der Waals surface area (Å²) in [6.07, 6.45) is 47.0. The summed E-state index contributed by atoms with van der Waals surface area (Å²) in [5.41, 5.74) is 0. The minimum absolute atomic E-state index is 0.565. The molecule has 0 amide bonds. The van der Waals surface area contributed by atoms with Gasteiger partial charge < -0.3 is 4.74 Å². The van der Waals surface area contributed by atoms with Gasteiger partial charge in [0.05, 0.1) is 18.4 Å². The van der Waals surface area contributed by atoms with Gasteiger partial charge in [-0.2, -0.15) is 0 Å². The van der Waals surface area contributed by atoms with Crippen molar-refractivity contribution < 1.29 is 4.74 Å². The van der Waals surface area contributed by atoms with Crippen molar-refractivity contribution in [2.75, 3.05) is 0 Å². The third kappa shape index (κ3) is 7.22. The van der Waals surface area contributed by atoms with E-state index in [9.17, 15) is 0 Å². The van der Waals surface area contributed by atoms with E-state index in [1.54, 1.807) is 44.9 Å². The van der Waals surface area contributed by atoms with Gasteiger partial charge in [-0.05, 0) is 160 Å². The van der Waals surface area contributed by atoms with Crippen molar-refractivity contribution in [2.24, 2.45) is 76.9 Å². The summed E-state index contributed by atoms with van der Waals surface area (Å²) < 4.78 is 7.56. The fourth-order valence-electron chi connectivity index (χ4n) is 16.8. The molecule has 15 atom stereocenters. The molecule has 2 heterocycles. The highest BCUT2D eigenvalue weighted by Crippen LogP contribution is 2.59. The van der Waals surface area contributed by atoms with E-state index in [1.165, 1.54) is 148 Å². The predicted octanol–water partition coefficient (Wildman–Crippen LogP) is 11.8. The molecular formula is C48H80N2O. The molecule has 3 nitrogen and oxygen atoms in total. The molecule has 3 heteroatoms. The van der Waals surface area contributed by atoms with Crippen LogP contribution >= 0.6 is 0 Å². The van der Waals surface area contributed by atoms with Crippen LogP contribution in [-0.4, -0.2) is 30.5 Å². The molecule has 2 N–H and O–H groups in total. The second kappa shape index (κ2) is 15.8. The van der Waals surface area contributed by atoms with E-state index in [0.717, 1.165) is 83.0 Å². The first-order valence-electron chi connectivity index (χ1n) is 24.4. The smallest absolute Gasteiger partial charge is 0.0644 e. The molecule has 0 aromatic carbocycles. The van der Waals surface area contributed by atoms with Gasteiger partial charge in [-0.3, -0.25) is 10.6 Å². The van der Waals surface area contributed by atoms with Gasteiger partial charge in [0.15, 0.2) is 0 Å². The Labute approximate surface area is 314 Å². The molecule has 8 saturated carbocycles. The molecule has 2 saturated heterocycles. The summed E-state index contributed by atoms with van der Waals surface area (Å²) in [6.45, 7) is 0. The van der Waals surface area contributed by atoms with Crippen LogP contribution in [0.25, 0.3) is 0 Å². The van der Waals surface area contributed by atoms with Crippen LogP contribution < -0.4 is 10.6 Å². The van der Waals surface area contributed by atoms with Gasteiger partial charge in [0.25, 0.3) is 0 Å². The first-order chi connectivity index (χ1) is 25.2. The SMILES string of the molecule is C1CCC(C2CCC3CC(C4CC(C5CCC(C6CCCCC6)C6OC7CC8CCCCC8CC7C56)NC(C5CCCCC5)N4)CCC3C2)CC1. The number of nitrogens with one attached hydrogen (secondary N) is 2. The van der Waals surface area contributed by atoms with E-state index >= 15 is 0 Å². The molecule has 2 aliphatic heterocycles. The Morgan fingerprint density at radius 3 is 1.51 bits per heavy atom. The normalized spacial score (nSPS) is 50.5. The summed E-state index contributed by atoms with van der Waals surface area (Å²) in [7, 11) is 0. The summed E-state index contributed by atoms with van der Waals surface area (Å²) in [6, 6.07) is 1.47. The van der Waals surface area contributed by atoms with Crippen LogP contribution in [0.3, 0.4) is 0 Å². The second-order valence-electron chi connectivity index (χ2n) is 21.7. The molecule has 8 aliphatic carbocycles. The average Bonchev–Trinajstić information content (AvgIpc) is 3.58. The lowest BCUT2D eigenvalue weighted by Crippen LogP contribution is -2.66. The zero-order valence-corrected chi connectivity index (χ0v) is 33.0. The molecule has 10 fully saturated rings. The van der Waals surface area contributed by atoms with Crippen LogP contribution in [0, 0.1) is 76.9 Å². The lowest BCUT2D eigenvalue weighted by atomic mass is 9.56. The van der Waals surface area contributed by atoms with Crippen LogP contribution in [0.15, 0.2) is 0 Å². The monoisotopic (exact) mass is 701 g/mol. The van der Waals surface area contributed by atoms with Crippen molar-refractivity contribution in [3.05, 3.63) is 0 Å². The molecule has 10 rings (SSSR count). The van der Waals surface area contributed by atoms with Crippen LogP contribution in [0.5, 0.6) is 0 Å². The van der Waals surface area contributed by atoms with Crippen molar-refractivity contribution in [3.8, 4) is 0 Å². The highest BCUT2D eigenvalue weighted by molar-refractivity contribution is 5.09. The van der Waals surface area contributed by atoms with Crippen molar-refractivity contribution in [1.29, 1.82) is 0 Å². The number of rotatable bonds is 5. The topological polar surface area (TPSA) is 33.3 Å². The molecular weight excluding hydrogens is 621 g/mol. The zero-order valence-electron chi connectivity index (χ0n) is 33.0. The summed E-state index contributed by atoms with van der Waals surface area (Å²) in [5, 5.41) is 9.04. The summed E-state index contributed by atoms with van der Waals surface area (Å²) in [4.78, 5) is 0. The summed E-state index contributed by atoms with van der Waals surface area (Å²) in [5.74, 6) is 12.4. The fourth-order valence-corrected chi connectivity index (χ4v) is 16.8. The molecule has 0 aromatic heterocycles. The summed E-state index contributed by atoms with van der Waals surface area (Å²) >= 11 is 0. The van der Waals surface area contributed by atoms with E-state index < -0.39 is 0 Å². The Kier molecular flexibility index (Phi) is 10.9. The second-order valence-corrected chi connectivity index (χ2v) is 21.7. The van der Waals surface area contributed by atoms with E-state index in [1.807, 2.05) is 0 Å². The van der Waals surface area contributed by atoms with Crippen molar-refractivity contribution in [2.45, 2.75) is 223 Å². The number of hydrogen-bond acceptors (Lipinski definition) is 3. The van der Waals surface area contributed by atoms with Gasteiger partial charge in [0, 0.05) is 12.1 Å². The van der Waals surface area contributed by atoms with E-state index in [0.29, 0.717) is 24.4 Å².